The summed E-state index contributed by atoms with van der Waals surface area (Å²) in [6, 6.07) is 7.23. The molecule has 0 radical (unpaired) electrons. The average molecular weight is 300 g/mol. The Kier molecular flexibility index (Phi) is 4.20. The zero-order valence-corrected chi connectivity index (χ0v) is 12.7. The maximum absolute atomic E-state index is 11.7. The van der Waals surface area contributed by atoms with E-state index in [1.54, 1.807) is 19.1 Å². The van der Waals surface area contributed by atoms with Crippen LogP contribution in [0.2, 0.25) is 0 Å². The van der Waals surface area contributed by atoms with Gasteiger partial charge in [0.1, 0.15) is 5.69 Å². The van der Waals surface area contributed by atoms with E-state index in [1.165, 1.54) is 6.42 Å². The van der Waals surface area contributed by atoms with Crippen LogP contribution in [0.15, 0.2) is 24.3 Å². The molecular formula is C16H20N4O2. The van der Waals surface area contributed by atoms with Gasteiger partial charge >= 0.3 is 5.97 Å². The molecule has 116 valence electrons. The van der Waals surface area contributed by atoms with Crippen LogP contribution in [0.1, 0.15) is 53.8 Å². The highest BCUT2D eigenvalue weighted by molar-refractivity contribution is 5.89. The number of aromatic nitrogens is 3. The maximum Gasteiger partial charge on any atom is 0.338 e. The van der Waals surface area contributed by atoms with Crippen LogP contribution < -0.4 is 5.73 Å². The van der Waals surface area contributed by atoms with Crippen molar-refractivity contribution >= 4 is 5.97 Å². The van der Waals surface area contributed by atoms with E-state index < -0.39 is 0 Å². The van der Waals surface area contributed by atoms with Gasteiger partial charge in [-0.2, -0.15) is 0 Å². The lowest BCUT2D eigenvalue weighted by molar-refractivity contribution is 0.0526. The molecule has 0 unspecified atom stereocenters. The highest BCUT2D eigenvalue weighted by atomic mass is 16.5. The Morgan fingerprint density at radius 1 is 1.36 bits per heavy atom. The van der Waals surface area contributed by atoms with Gasteiger partial charge in [-0.05, 0) is 44.0 Å². The summed E-state index contributed by atoms with van der Waals surface area (Å²) in [6.07, 6.45) is 3.55. The molecule has 0 saturated heterocycles. The van der Waals surface area contributed by atoms with Gasteiger partial charge in [-0.3, -0.25) is 0 Å². The number of ether oxygens (including phenoxy) is 1. The minimum atomic E-state index is -0.311. The molecule has 6 nitrogen and oxygen atoms in total. The second-order valence-electron chi connectivity index (χ2n) is 5.43. The zero-order chi connectivity index (χ0) is 15.5. The fraction of sp³-hybridized carbons (Fsp3) is 0.438. The number of rotatable bonds is 5. The molecule has 0 atom stereocenters. The quantitative estimate of drug-likeness (QED) is 0.856. The number of esters is 1. The molecule has 1 saturated carbocycles. The molecule has 0 aliphatic heterocycles. The number of nitrogens with zero attached hydrogens (tertiary/aromatic N) is 3. The van der Waals surface area contributed by atoms with Crippen molar-refractivity contribution in [1.29, 1.82) is 0 Å². The molecular weight excluding hydrogens is 280 g/mol. The van der Waals surface area contributed by atoms with Crippen LogP contribution in [-0.4, -0.2) is 27.6 Å². The Morgan fingerprint density at radius 2 is 2.09 bits per heavy atom. The fourth-order valence-corrected chi connectivity index (χ4v) is 2.70. The predicted molar refractivity (Wildman–Crippen MR) is 81.8 cm³/mol. The van der Waals surface area contributed by atoms with Crippen LogP contribution in [0, 0.1) is 0 Å². The van der Waals surface area contributed by atoms with Gasteiger partial charge in [-0.1, -0.05) is 11.6 Å². The first kappa shape index (κ1) is 14.7. The van der Waals surface area contributed by atoms with Crippen LogP contribution in [0.5, 0.6) is 0 Å². The van der Waals surface area contributed by atoms with Crippen LogP contribution in [0.25, 0.3) is 5.69 Å². The van der Waals surface area contributed by atoms with Crippen LogP contribution in [0.4, 0.5) is 0 Å². The third kappa shape index (κ3) is 2.62. The van der Waals surface area contributed by atoms with Gasteiger partial charge < -0.3 is 10.5 Å². The van der Waals surface area contributed by atoms with Crippen molar-refractivity contribution in [3.63, 3.8) is 0 Å². The molecule has 1 aliphatic carbocycles. The molecule has 0 spiro atoms. The molecule has 2 aromatic rings. The Balaban J connectivity index is 1.91. The molecule has 2 N–H and O–H groups in total. The molecule has 6 heteroatoms. The molecule has 1 aromatic carbocycles. The second-order valence-corrected chi connectivity index (χ2v) is 5.43. The average Bonchev–Trinajstić information content (AvgIpc) is 2.89. The van der Waals surface area contributed by atoms with Crippen molar-refractivity contribution in [3.8, 4) is 5.69 Å². The summed E-state index contributed by atoms with van der Waals surface area (Å²) < 4.78 is 6.84. The highest BCUT2D eigenvalue weighted by Crippen LogP contribution is 2.38. The molecule has 1 heterocycles. The summed E-state index contributed by atoms with van der Waals surface area (Å²) in [5, 5.41) is 8.44. The van der Waals surface area contributed by atoms with Crippen molar-refractivity contribution in [3.05, 3.63) is 41.2 Å². The van der Waals surface area contributed by atoms with Crippen LogP contribution in [-0.2, 0) is 11.3 Å². The van der Waals surface area contributed by atoms with Crippen molar-refractivity contribution in [2.75, 3.05) is 6.61 Å². The van der Waals surface area contributed by atoms with Gasteiger partial charge in [0.05, 0.1) is 23.6 Å². The third-order valence-corrected chi connectivity index (χ3v) is 4.09. The van der Waals surface area contributed by atoms with Crippen LogP contribution >= 0.6 is 0 Å². The molecule has 0 amide bonds. The summed E-state index contributed by atoms with van der Waals surface area (Å²) in [4.78, 5) is 11.7. The van der Waals surface area contributed by atoms with E-state index in [4.69, 9.17) is 10.5 Å². The van der Waals surface area contributed by atoms with E-state index >= 15 is 0 Å². The Labute approximate surface area is 129 Å². The monoisotopic (exact) mass is 300 g/mol. The Morgan fingerprint density at radius 3 is 2.64 bits per heavy atom. The lowest BCUT2D eigenvalue weighted by atomic mass is 9.82. The van der Waals surface area contributed by atoms with Crippen LogP contribution in [0.3, 0.4) is 0 Å². The zero-order valence-electron chi connectivity index (χ0n) is 12.7. The number of benzene rings is 1. The highest BCUT2D eigenvalue weighted by Gasteiger charge is 2.27. The van der Waals surface area contributed by atoms with Gasteiger partial charge in [-0.25, -0.2) is 9.48 Å². The van der Waals surface area contributed by atoms with Gasteiger partial charge in [0.2, 0.25) is 0 Å². The number of carbonyl (C=O) groups is 1. The molecule has 3 rings (SSSR count). The Bertz CT molecular complexity index is 659. The minimum Gasteiger partial charge on any atom is -0.462 e. The number of nitrogens with two attached hydrogens (primary N) is 1. The summed E-state index contributed by atoms with van der Waals surface area (Å²) in [5.41, 5.74) is 9.18. The molecule has 0 bridgehead atoms. The predicted octanol–water partition coefficient (Wildman–Crippen LogP) is 2.17. The van der Waals surface area contributed by atoms with E-state index in [-0.39, 0.29) is 5.97 Å². The maximum atomic E-state index is 11.7. The van der Waals surface area contributed by atoms with Gasteiger partial charge in [-0.15, -0.1) is 5.10 Å². The molecule has 22 heavy (non-hydrogen) atoms. The van der Waals surface area contributed by atoms with Crippen molar-refractivity contribution in [2.24, 2.45) is 5.73 Å². The van der Waals surface area contributed by atoms with Crippen molar-refractivity contribution < 1.29 is 9.53 Å². The van der Waals surface area contributed by atoms with Gasteiger partial charge in [0, 0.05) is 12.5 Å². The number of hydrogen-bond donors (Lipinski definition) is 1. The van der Waals surface area contributed by atoms with E-state index in [0.29, 0.717) is 24.6 Å². The number of hydrogen-bond acceptors (Lipinski definition) is 5. The summed E-state index contributed by atoms with van der Waals surface area (Å²) >= 11 is 0. The van der Waals surface area contributed by atoms with Gasteiger partial charge in [0.25, 0.3) is 0 Å². The normalized spacial score (nSPS) is 14.6. The second kappa shape index (κ2) is 6.27. The SMILES string of the molecule is CCOC(=O)c1ccc(-n2nnc(CN)c2C2CCC2)cc1. The molecule has 1 aromatic heterocycles. The first-order chi connectivity index (χ1) is 10.7. The van der Waals surface area contributed by atoms with Gasteiger partial charge in [0.15, 0.2) is 0 Å². The lowest BCUT2D eigenvalue weighted by Gasteiger charge is -2.26. The van der Waals surface area contributed by atoms with Crippen molar-refractivity contribution in [1.82, 2.24) is 15.0 Å². The largest absolute Gasteiger partial charge is 0.462 e. The standard InChI is InChI=1S/C16H20N4O2/c1-2-22-16(21)12-6-8-13(9-7-12)20-15(11-4-3-5-11)14(10-17)18-19-20/h6-9,11H,2-5,10,17H2,1H3. The minimum absolute atomic E-state index is 0.311. The third-order valence-electron chi connectivity index (χ3n) is 4.09. The first-order valence-electron chi connectivity index (χ1n) is 7.66. The van der Waals surface area contributed by atoms with E-state index in [0.717, 1.165) is 29.9 Å². The lowest BCUT2D eigenvalue weighted by Crippen LogP contribution is -2.17. The summed E-state index contributed by atoms with van der Waals surface area (Å²) in [5.74, 6) is 0.174. The smallest absolute Gasteiger partial charge is 0.338 e. The van der Waals surface area contributed by atoms with E-state index in [2.05, 4.69) is 10.3 Å². The molecule has 1 aliphatic rings. The topological polar surface area (TPSA) is 83.0 Å². The number of carbonyl (C=O) groups excluding carboxylic acids is 1. The van der Waals surface area contributed by atoms with E-state index in [9.17, 15) is 4.79 Å². The summed E-state index contributed by atoms with van der Waals surface area (Å²) in [7, 11) is 0. The molecule has 1 fully saturated rings. The van der Waals surface area contributed by atoms with E-state index in [1.807, 2.05) is 16.8 Å². The summed E-state index contributed by atoms with van der Waals surface area (Å²) in [6.45, 7) is 2.56. The first-order valence-corrected chi connectivity index (χ1v) is 7.66. The van der Waals surface area contributed by atoms with Crippen molar-refractivity contribution in [2.45, 2.75) is 38.6 Å². The fourth-order valence-electron chi connectivity index (χ4n) is 2.70. The Hall–Kier alpha value is -2.21.